The monoisotopic (exact) mass is 231 g/mol. The van der Waals surface area contributed by atoms with Crippen LogP contribution in [0.4, 0.5) is 0 Å². The lowest BCUT2D eigenvalue weighted by Gasteiger charge is -2.10. The van der Waals surface area contributed by atoms with Crippen molar-refractivity contribution in [2.75, 3.05) is 0 Å². The zero-order valence-corrected chi connectivity index (χ0v) is 10.9. The molecule has 16 heavy (non-hydrogen) atoms. The number of aryl methyl sites for hydroxylation is 2. The number of hydrogen-bond donors (Lipinski definition) is 1. The Hall–Kier alpha value is -1.15. The predicted octanol–water partition coefficient (Wildman–Crippen LogP) is 4.47. The van der Waals surface area contributed by atoms with Crippen LogP contribution in [0.5, 0.6) is 0 Å². The molecule has 2 aromatic rings. The molecule has 0 aliphatic heterocycles. The van der Waals surface area contributed by atoms with Gasteiger partial charge in [0, 0.05) is 16.6 Å². The molecule has 1 heterocycles. The van der Waals surface area contributed by atoms with Crippen LogP contribution in [-0.2, 0) is 6.42 Å². The van der Waals surface area contributed by atoms with Gasteiger partial charge < -0.3 is 4.98 Å². The highest BCUT2D eigenvalue weighted by molar-refractivity contribution is 7.71. The van der Waals surface area contributed by atoms with Crippen LogP contribution < -0.4 is 0 Å². The molecular formula is C14H17NS. The number of nitrogens with one attached hydrogen (secondary N) is 1. The smallest absolute Gasteiger partial charge is 0.0519 e. The van der Waals surface area contributed by atoms with Gasteiger partial charge in [0.05, 0.1) is 4.51 Å². The lowest BCUT2D eigenvalue weighted by Crippen LogP contribution is -1.96. The average molecular weight is 231 g/mol. The van der Waals surface area contributed by atoms with E-state index in [1.165, 1.54) is 27.7 Å². The summed E-state index contributed by atoms with van der Waals surface area (Å²) in [4.78, 5) is 3.49. The molecule has 0 aliphatic rings. The lowest BCUT2D eigenvalue weighted by atomic mass is 10.0. The fourth-order valence-corrected chi connectivity index (χ4v) is 2.59. The van der Waals surface area contributed by atoms with E-state index in [2.05, 4.69) is 44.0 Å². The molecule has 0 fully saturated rings. The van der Waals surface area contributed by atoms with Crippen LogP contribution >= 0.6 is 12.2 Å². The number of H-pyrrole nitrogens is 1. The van der Waals surface area contributed by atoms with E-state index in [-0.39, 0.29) is 0 Å². The van der Waals surface area contributed by atoms with Crippen molar-refractivity contribution in [3.63, 3.8) is 0 Å². The van der Waals surface area contributed by atoms with Gasteiger partial charge in [-0.15, -0.1) is 0 Å². The summed E-state index contributed by atoms with van der Waals surface area (Å²) in [7, 11) is 0. The number of benzene rings is 1. The molecule has 2 rings (SSSR count). The van der Waals surface area contributed by atoms with Gasteiger partial charge in [0.25, 0.3) is 0 Å². The standard InChI is InChI=1S/C14H17NS/c1-4-6-11-10(3)15-13-9(2)7-5-8-12(13)14(11)16/h5,7-8H,4,6H2,1-3H3,(H,15,16). The van der Waals surface area contributed by atoms with Crippen molar-refractivity contribution in [3.8, 4) is 0 Å². The Morgan fingerprint density at radius 3 is 2.69 bits per heavy atom. The Morgan fingerprint density at radius 1 is 1.25 bits per heavy atom. The minimum atomic E-state index is 1.02. The Labute approximate surface area is 102 Å². The van der Waals surface area contributed by atoms with Gasteiger partial charge in [0.2, 0.25) is 0 Å². The topological polar surface area (TPSA) is 15.8 Å². The van der Waals surface area contributed by atoms with Crippen molar-refractivity contribution in [2.24, 2.45) is 0 Å². The number of fused-ring (bicyclic) bond motifs is 1. The SMILES string of the molecule is CCCc1c(C)[nH]c2c(C)cccc2c1=S. The van der Waals surface area contributed by atoms with E-state index in [0.29, 0.717) is 0 Å². The van der Waals surface area contributed by atoms with Gasteiger partial charge in [-0.05, 0) is 31.4 Å². The van der Waals surface area contributed by atoms with Crippen LogP contribution in [0, 0.1) is 18.4 Å². The lowest BCUT2D eigenvalue weighted by molar-refractivity contribution is 0.900. The van der Waals surface area contributed by atoms with Gasteiger partial charge >= 0.3 is 0 Å². The fourth-order valence-electron chi connectivity index (χ4n) is 2.17. The summed E-state index contributed by atoms with van der Waals surface area (Å²) in [6.07, 6.45) is 2.20. The molecule has 0 saturated heterocycles. The minimum Gasteiger partial charge on any atom is -0.358 e. The molecule has 1 aromatic carbocycles. The van der Waals surface area contributed by atoms with Crippen LogP contribution in [0.2, 0.25) is 0 Å². The molecule has 1 N–H and O–H groups in total. The van der Waals surface area contributed by atoms with Crippen molar-refractivity contribution < 1.29 is 0 Å². The van der Waals surface area contributed by atoms with E-state index in [4.69, 9.17) is 12.2 Å². The second-order valence-electron chi connectivity index (χ2n) is 4.31. The Morgan fingerprint density at radius 2 is 2.00 bits per heavy atom. The second-order valence-corrected chi connectivity index (χ2v) is 4.71. The summed E-state index contributed by atoms with van der Waals surface area (Å²) in [6.45, 7) is 6.42. The van der Waals surface area contributed by atoms with Crippen molar-refractivity contribution in [2.45, 2.75) is 33.6 Å². The highest BCUT2D eigenvalue weighted by atomic mass is 32.1. The molecule has 2 heteroatoms. The van der Waals surface area contributed by atoms with Crippen LogP contribution in [0.1, 0.15) is 30.2 Å². The molecule has 0 radical (unpaired) electrons. The number of para-hydroxylation sites is 1. The van der Waals surface area contributed by atoms with Gasteiger partial charge in [0.15, 0.2) is 0 Å². The first-order chi connectivity index (χ1) is 7.65. The predicted molar refractivity (Wildman–Crippen MR) is 72.6 cm³/mol. The number of pyridine rings is 1. The summed E-state index contributed by atoms with van der Waals surface area (Å²) >= 11 is 5.59. The summed E-state index contributed by atoms with van der Waals surface area (Å²) in [5, 5.41) is 1.18. The van der Waals surface area contributed by atoms with Gasteiger partial charge in [-0.3, -0.25) is 0 Å². The number of rotatable bonds is 2. The highest BCUT2D eigenvalue weighted by Crippen LogP contribution is 2.22. The van der Waals surface area contributed by atoms with Crippen LogP contribution in [0.15, 0.2) is 18.2 Å². The summed E-state index contributed by atoms with van der Waals surface area (Å²) in [5.74, 6) is 0. The summed E-state index contributed by atoms with van der Waals surface area (Å²) < 4.78 is 1.02. The first-order valence-corrected chi connectivity index (χ1v) is 6.17. The molecule has 0 bridgehead atoms. The van der Waals surface area contributed by atoms with Crippen LogP contribution in [0.25, 0.3) is 10.9 Å². The van der Waals surface area contributed by atoms with E-state index in [0.717, 1.165) is 17.4 Å². The average Bonchev–Trinajstić information content (AvgIpc) is 2.26. The molecule has 1 aromatic heterocycles. The quantitative estimate of drug-likeness (QED) is 0.754. The normalized spacial score (nSPS) is 10.9. The Kier molecular flexibility index (Phi) is 3.10. The third-order valence-corrected chi connectivity index (χ3v) is 3.52. The van der Waals surface area contributed by atoms with Crippen LogP contribution in [0.3, 0.4) is 0 Å². The van der Waals surface area contributed by atoms with E-state index in [1.54, 1.807) is 0 Å². The maximum atomic E-state index is 5.59. The zero-order valence-electron chi connectivity index (χ0n) is 10.1. The number of hydrogen-bond acceptors (Lipinski definition) is 1. The maximum Gasteiger partial charge on any atom is 0.0519 e. The molecule has 1 nitrogen and oxygen atoms in total. The number of aromatic amines is 1. The van der Waals surface area contributed by atoms with Gasteiger partial charge in [0.1, 0.15) is 0 Å². The van der Waals surface area contributed by atoms with Crippen molar-refractivity contribution >= 4 is 23.1 Å². The third-order valence-electron chi connectivity index (χ3n) is 3.06. The van der Waals surface area contributed by atoms with Crippen molar-refractivity contribution in [1.29, 1.82) is 0 Å². The molecule has 0 saturated carbocycles. The minimum absolute atomic E-state index is 1.02. The van der Waals surface area contributed by atoms with Gasteiger partial charge in [-0.25, -0.2) is 0 Å². The van der Waals surface area contributed by atoms with E-state index < -0.39 is 0 Å². The molecule has 0 atom stereocenters. The largest absolute Gasteiger partial charge is 0.358 e. The first kappa shape index (κ1) is 11.3. The molecule has 0 aliphatic carbocycles. The van der Waals surface area contributed by atoms with E-state index >= 15 is 0 Å². The third kappa shape index (κ3) is 1.78. The summed E-state index contributed by atoms with van der Waals surface area (Å²) in [6, 6.07) is 6.30. The van der Waals surface area contributed by atoms with Gasteiger partial charge in [-0.2, -0.15) is 0 Å². The molecule has 0 spiro atoms. The summed E-state index contributed by atoms with van der Waals surface area (Å²) in [5.41, 5.74) is 4.96. The fraction of sp³-hybridized carbons (Fsp3) is 0.357. The molecule has 0 unspecified atom stereocenters. The second kappa shape index (κ2) is 4.38. The van der Waals surface area contributed by atoms with Gasteiger partial charge in [-0.1, -0.05) is 43.8 Å². The Balaban J connectivity index is 2.84. The van der Waals surface area contributed by atoms with E-state index in [9.17, 15) is 0 Å². The van der Waals surface area contributed by atoms with E-state index in [1.807, 2.05) is 0 Å². The Bertz CT molecular complexity index is 581. The number of aromatic nitrogens is 1. The maximum absolute atomic E-state index is 5.59. The zero-order chi connectivity index (χ0) is 11.7. The van der Waals surface area contributed by atoms with Crippen molar-refractivity contribution in [1.82, 2.24) is 4.98 Å². The molecular weight excluding hydrogens is 214 g/mol. The highest BCUT2D eigenvalue weighted by Gasteiger charge is 2.06. The molecule has 0 amide bonds. The van der Waals surface area contributed by atoms with Crippen LogP contribution in [-0.4, -0.2) is 4.98 Å². The molecule has 84 valence electrons. The first-order valence-electron chi connectivity index (χ1n) is 5.76. The van der Waals surface area contributed by atoms with Crippen molar-refractivity contribution in [3.05, 3.63) is 39.5 Å².